The highest BCUT2D eigenvalue weighted by Crippen LogP contribution is 2.36. The molecule has 0 spiro atoms. The monoisotopic (exact) mass is 316 g/mol. The molecule has 0 unspecified atom stereocenters. The Bertz CT molecular complexity index is 829. The molecule has 23 heavy (non-hydrogen) atoms. The number of benzene rings is 1. The minimum absolute atomic E-state index is 0.279. The first-order chi connectivity index (χ1) is 10.9. The normalized spacial score (nSPS) is 15.0. The summed E-state index contributed by atoms with van der Waals surface area (Å²) in [5.74, 6) is -0.445. The van der Waals surface area contributed by atoms with E-state index in [0.29, 0.717) is 42.8 Å². The van der Waals surface area contributed by atoms with Crippen molar-refractivity contribution in [2.45, 2.75) is 13.8 Å². The van der Waals surface area contributed by atoms with E-state index in [9.17, 15) is 14.4 Å². The third kappa shape index (κ3) is 2.36. The number of carbonyl (C=O) groups is 1. The summed E-state index contributed by atoms with van der Waals surface area (Å²) in [5.41, 5.74) is 3.17. The predicted octanol–water partition coefficient (Wildman–Crippen LogP) is 2.60. The summed E-state index contributed by atoms with van der Waals surface area (Å²) in [6.07, 6.45) is -0.955. The summed E-state index contributed by atoms with van der Waals surface area (Å²) in [5, 5.41) is 19.0. The van der Waals surface area contributed by atoms with Crippen molar-refractivity contribution >= 4 is 22.7 Å². The third-order valence-corrected chi connectivity index (χ3v) is 4.49. The van der Waals surface area contributed by atoms with Crippen LogP contribution in [0.15, 0.2) is 6.07 Å². The van der Waals surface area contributed by atoms with E-state index in [1.54, 1.807) is 0 Å². The molecule has 1 aromatic heterocycles. The van der Waals surface area contributed by atoms with Gasteiger partial charge in [-0.25, -0.2) is 9.18 Å². The number of rotatable bonds is 1. The van der Waals surface area contributed by atoms with Crippen molar-refractivity contribution in [3.8, 4) is 6.07 Å². The quantitative estimate of drug-likeness (QED) is 0.847. The Balaban J connectivity index is 2.10. The number of anilines is 1. The van der Waals surface area contributed by atoms with Crippen LogP contribution in [0.4, 0.5) is 14.9 Å². The first kappa shape index (κ1) is 15.2. The lowest BCUT2D eigenvalue weighted by atomic mass is 10.0. The van der Waals surface area contributed by atoms with Crippen LogP contribution in [0.1, 0.15) is 16.8 Å². The average Bonchev–Trinajstić information content (AvgIpc) is 2.83. The predicted molar refractivity (Wildman–Crippen MR) is 84.3 cm³/mol. The van der Waals surface area contributed by atoms with Crippen molar-refractivity contribution in [2.24, 2.45) is 0 Å². The standard InChI is InChI=1S/C16H17FN4O2/c1-9-10(2)19-14-11(8-18)7-12(17)15(13(9)14)20-3-5-21(6-4-20)16(22)23/h7,19H,3-6H2,1-2H3,(H,22,23). The van der Waals surface area contributed by atoms with Gasteiger partial charge in [0.1, 0.15) is 11.9 Å². The molecule has 0 saturated carbocycles. The smallest absolute Gasteiger partial charge is 0.407 e. The summed E-state index contributed by atoms with van der Waals surface area (Å²) in [4.78, 5) is 17.4. The Kier molecular flexibility index (Phi) is 3.60. The summed E-state index contributed by atoms with van der Waals surface area (Å²) in [6.45, 7) is 5.30. The van der Waals surface area contributed by atoms with Gasteiger partial charge in [0.05, 0.1) is 16.8 Å². The number of carboxylic acid groups (broad SMARTS) is 1. The van der Waals surface area contributed by atoms with E-state index in [-0.39, 0.29) is 5.56 Å². The Morgan fingerprint density at radius 2 is 2.00 bits per heavy atom. The minimum atomic E-state index is -0.955. The molecular weight excluding hydrogens is 299 g/mol. The lowest BCUT2D eigenvalue weighted by Crippen LogP contribution is -2.48. The van der Waals surface area contributed by atoms with Gasteiger partial charge in [0, 0.05) is 37.3 Å². The van der Waals surface area contributed by atoms with Gasteiger partial charge in [-0.3, -0.25) is 0 Å². The van der Waals surface area contributed by atoms with E-state index in [0.717, 1.165) is 11.3 Å². The Morgan fingerprint density at radius 3 is 2.57 bits per heavy atom. The second kappa shape index (κ2) is 5.47. The molecule has 3 rings (SSSR count). The van der Waals surface area contributed by atoms with Crippen LogP contribution < -0.4 is 4.90 Å². The molecule has 6 nitrogen and oxygen atoms in total. The molecular formula is C16H17FN4O2. The van der Waals surface area contributed by atoms with E-state index in [1.807, 2.05) is 24.8 Å². The number of hydrogen-bond donors (Lipinski definition) is 2. The summed E-state index contributed by atoms with van der Waals surface area (Å²) < 4.78 is 14.7. The number of nitrogens with zero attached hydrogens (tertiary/aromatic N) is 3. The largest absolute Gasteiger partial charge is 0.465 e. The van der Waals surface area contributed by atoms with Crippen molar-refractivity contribution in [2.75, 3.05) is 31.1 Å². The van der Waals surface area contributed by atoms with E-state index in [2.05, 4.69) is 4.98 Å². The molecule has 0 aliphatic carbocycles. The van der Waals surface area contributed by atoms with Crippen LogP contribution in [0.3, 0.4) is 0 Å². The number of amides is 1. The highest BCUT2D eigenvalue weighted by molar-refractivity contribution is 5.99. The van der Waals surface area contributed by atoms with Crippen molar-refractivity contribution < 1.29 is 14.3 Å². The molecule has 0 radical (unpaired) electrons. The van der Waals surface area contributed by atoms with Gasteiger partial charge in [-0.2, -0.15) is 5.26 Å². The Hall–Kier alpha value is -2.75. The molecule has 7 heteroatoms. The van der Waals surface area contributed by atoms with Crippen LogP contribution in [-0.2, 0) is 0 Å². The maximum absolute atomic E-state index is 14.7. The number of nitrogens with one attached hydrogen (secondary N) is 1. The van der Waals surface area contributed by atoms with Gasteiger partial charge in [-0.15, -0.1) is 0 Å². The van der Waals surface area contributed by atoms with Gasteiger partial charge in [-0.05, 0) is 25.5 Å². The van der Waals surface area contributed by atoms with Crippen molar-refractivity contribution in [1.82, 2.24) is 9.88 Å². The van der Waals surface area contributed by atoms with Crippen LogP contribution in [0.25, 0.3) is 10.9 Å². The number of hydrogen-bond acceptors (Lipinski definition) is 3. The second-order valence-electron chi connectivity index (χ2n) is 5.75. The number of aromatic amines is 1. The molecule has 0 bridgehead atoms. The number of halogens is 1. The highest BCUT2D eigenvalue weighted by atomic mass is 19.1. The molecule has 1 aliphatic heterocycles. The van der Waals surface area contributed by atoms with E-state index >= 15 is 0 Å². The summed E-state index contributed by atoms with van der Waals surface area (Å²) in [7, 11) is 0. The third-order valence-electron chi connectivity index (χ3n) is 4.49. The number of fused-ring (bicyclic) bond motifs is 1. The van der Waals surface area contributed by atoms with Gasteiger partial charge >= 0.3 is 6.09 Å². The lowest BCUT2D eigenvalue weighted by molar-refractivity contribution is 0.142. The zero-order valence-corrected chi connectivity index (χ0v) is 13.0. The topological polar surface area (TPSA) is 83.4 Å². The first-order valence-corrected chi connectivity index (χ1v) is 7.38. The van der Waals surface area contributed by atoms with Crippen molar-refractivity contribution in [3.63, 3.8) is 0 Å². The fraction of sp³-hybridized carbons (Fsp3) is 0.375. The summed E-state index contributed by atoms with van der Waals surface area (Å²) in [6, 6.07) is 3.27. The maximum atomic E-state index is 14.7. The summed E-state index contributed by atoms with van der Waals surface area (Å²) >= 11 is 0. The van der Waals surface area contributed by atoms with Gasteiger partial charge in [0.25, 0.3) is 0 Å². The zero-order valence-electron chi connectivity index (χ0n) is 13.0. The number of aromatic nitrogens is 1. The molecule has 2 N–H and O–H groups in total. The van der Waals surface area contributed by atoms with Crippen molar-refractivity contribution in [3.05, 3.63) is 28.7 Å². The van der Waals surface area contributed by atoms with Gasteiger partial charge in [-0.1, -0.05) is 0 Å². The zero-order chi connectivity index (χ0) is 16.7. The average molecular weight is 316 g/mol. The second-order valence-corrected chi connectivity index (χ2v) is 5.75. The van der Waals surface area contributed by atoms with Gasteiger partial charge in [0.2, 0.25) is 0 Å². The van der Waals surface area contributed by atoms with Crippen LogP contribution in [0.2, 0.25) is 0 Å². The van der Waals surface area contributed by atoms with Gasteiger partial charge < -0.3 is 19.9 Å². The van der Waals surface area contributed by atoms with Crippen molar-refractivity contribution in [1.29, 1.82) is 5.26 Å². The van der Waals surface area contributed by atoms with Crippen LogP contribution in [-0.4, -0.2) is 47.3 Å². The fourth-order valence-electron chi connectivity index (χ4n) is 3.12. The lowest BCUT2D eigenvalue weighted by Gasteiger charge is -2.35. The van der Waals surface area contributed by atoms with E-state index in [4.69, 9.17) is 5.11 Å². The molecule has 1 saturated heterocycles. The fourth-order valence-corrected chi connectivity index (χ4v) is 3.12. The van der Waals surface area contributed by atoms with E-state index in [1.165, 1.54) is 11.0 Å². The molecule has 2 heterocycles. The Morgan fingerprint density at radius 1 is 1.35 bits per heavy atom. The SMILES string of the molecule is Cc1[nH]c2c(C#N)cc(F)c(N3CCN(C(=O)O)CC3)c2c1C. The molecule has 1 amide bonds. The number of piperazine rings is 1. The minimum Gasteiger partial charge on any atom is -0.465 e. The number of aryl methyl sites for hydroxylation is 2. The molecule has 2 aromatic rings. The number of H-pyrrole nitrogens is 1. The van der Waals surface area contributed by atoms with E-state index < -0.39 is 11.9 Å². The molecule has 1 aromatic carbocycles. The Labute approximate surface area is 132 Å². The number of nitriles is 1. The first-order valence-electron chi connectivity index (χ1n) is 7.38. The van der Waals surface area contributed by atoms with Crippen LogP contribution in [0.5, 0.6) is 0 Å². The van der Waals surface area contributed by atoms with Gasteiger partial charge in [0.15, 0.2) is 0 Å². The molecule has 1 aliphatic rings. The van der Waals surface area contributed by atoms with Crippen LogP contribution in [0, 0.1) is 31.0 Å². The molecule has 1 fully saturated rings. The molecule has 120 valence electrons. The highest BCUT2D eigenvalue weighted by Gasteiger charge is 2.26. The van der Waals surface area contributed by atoms with Crippen LogP contribution >= 0.6 is 0 Å². The maximum Gasteiger partial charge on any atom is 0.407 e. The molecule has 0 atom stereocenters.